The predicted molar refractivity (Wildman–Crippen MR) is 73.0 cm³/mol. The SMILES string of the molecule is COCCC(=O)Nc1ccc(C)c(C=CC(=O)O)c1. The molecule has 0 spiro atoms. The number of aliphatic carboxylic acids is 1. The van der Waals surface area contributed by atoms with Crippen LogP contribution in [0.2, 0.25) is 0 Å². The largest absolute Gasteiger partial charge is 0.478 e. The molecule has 1 rings (SSSR count). The van der Waals surface area contributed by atoms with Crippen LogP contribution in [0.25, 0.3) is 6.08 Å². The summed E-state index contributed by atoms with van der Waals surface area (Å²) in [6, 6.07) is 5.34. The zero-order chi connectivity index (χ0) is 14.3. The number of carbonyl (C=O) groups is 2. The Bertz CT molecular complexity index is 494. The minimum absolute atomic E-state index is 0.140. The first-order chi connectivity index (χ1) is 9.02. The molecule has 1 amide bonds. The normalized spacial score (nSPS) is 10.6. The van der Waals surface area contributed by atoms with Crippen molar-refractivity contribution in [3.63, 3.8) is 0 Å². The van der Waals surface area contributed by atoms with Crippen molar-refractivity contribution >= 4 is 23.6 Å². The zero-order valence-electron chi connectivity index (χ0n) is 11.0. The van der Waals surface area contributed by atoms with E-state index in [1.165, 1.54) is 13.2 Å². The summed E-state index contributed by atoms with van der Waals surface area (Å²) >= 11 is 0. The van der Waals surface area contributed by atoms with Gasteiger partial charge in [0.2, 0.25) is 5.91 Å². The number of carboxylic acid groups (broad SMARTS) is 1. The molecule has 0 saturated carbocycles. The number of aryl methyl sites for hydroxylation is 1. The quantitative estimate of drug-likeness (QED) is 0.770. The third-order valence-corrected chi connectivity index (χ3v) is 2.50. The van der Waals surface area contributed by atoms with Gasteiger partial charge in [-0.25, -0.2) is 4.79 Å². The molecule has 102 valence electrons. The van der Waals surface area contributed by atoms with Crippen LogP contribution < -0.4 is 5.32 Å². The van der Waals surface area contributed by atoms with Gasteiger partial charge in [-0.05, 0) is 36.3 Å². The summed E-state index contributed by atoms with van der Waals surface area (Å²) < 4.78 is 4.82. The highest BCUT2D eigenvalue weighted by atomic mass is 16.5. The molecule has 0 radical (unpaired) electrons. The number of hydrogen-bond donors (Lipinski definition) is 2. The topological polar surface area (TPSA) is 75.6 Å². The van der Waals surface area contributed by atoms with Gasteiger partial charge in [-0.1, -0.05) is 6.07 Å². The van der Waals surface area contributed by atoms with Gasteiger partial charge in [-0.2, -0.15) is 0 Å². The highest BCUT2D eigenvalue weighted by Gasteiger charge is 2.03. The standard InChI is InChI=1S/C14H17NO4/c1-10-3-5-12(15-13(16)7-8-19-2)9-11(10)4-6-14(17)18/h3-6,9H,7-8H2,1-2H3,(H,15,16)(H,17,18). The van der Waals surface area contributed by atoms with Crippen LogP contribution in [-0.2, 0) is 14.3 Å². The summed E-state index contributed by atoms with van der Waals surface area (Å²) in [5.41, 5.74) is 2.33. The molecule has 0 bridgehead atoms. The summed E-state index contributed by atoms with van der Waals surface area (Å²) in [6.45, 7) is 2.24. The lowest BCUT2D eigenvalue weighted by Crippen LogP contribution is -2.13. The second kappa shape index (κ2) is 7.33. The average molecular weight is 263 g/mol. The second-order valence-electron chi connectivity index (χ2n) is 4.03. The van der Waals surface area contributed by atoms with E-state index in [4.69, 9.17) is 9.84 Å². The van der Waals surface area contributed by atoms with Crippen LogP contribution in [0.1, 0.15) is 17.5 Å². The summed E-state index contributed by atoms with van der Waals surface area (Å²) in [6.07, 6.45) is 2.85. The van der Waals surface area contributed by atoms with E-state index < -0.39 is 5.97 Å². The van der Waals surface area contributed by atoms with Gasteiger partial charge in [0.05, 0.1) is 13.0 Å². The number of carboxylic acids is 1. The minimum atomic E-state index is -1.01. The molecule has 5 nitrogen and oxygen atoms in total. The molecular formula is C14H17NO4. The smallest absolute Gasteiger partial charge is 0.328 e. The van der Waals surface area contributed by atoms with Crippen molar-refractivity contribution in [3.8, 4) is 0 Å². The number of methoxy groups -OCH3 is 1. The lowest BCUT2D eigenvalue weighted by atomic mass is 10.1. The zero-order valence-corrected chi connectivity index (χ0v) is 11.0. The van der Waals surface area contributed by atoms with Crippen molar-refractivity contribution in [1.29, 1.82) is 0 Å². The van der Waals surface area contributed by atoms with E-state index in [0.29, 0.717) is 12.3 Å². The Morgan fingerprint density at radius 1 is 1.42 bits per heavy atom. The molecule has 0 fully saturated rings. The van der Waals surface area contributed by atoms with Gasteiger partial charge >= 0.3 is 5.97 Å². The molecule has 2 N–H and O–H groups in total. The third kappa shape index (κ3) is 5.35. The monoisotopic (exact) mass is 263 g/mol. The number of carbonyl (C=O) groups excluding carboxylic acids is 1. The van der Waals surface area contributed by atoms with Crippen molar-refractivity contribution in [1.82, 2.24) is 0 Å². The van der Waals surface area contributed by atoms with Gasteiger partial charge in [-0.3, -0.25) is 4.79 Å². The van der Waals surface area contributed by atoms with Gasteiger partial charge in [0.25, 0.3) is 0 Å². The van der Waals surface area contributed by atoms with E-state index in [2.05, 4.69) is 5.32 Å². The minimum Gasteiger partial charge on any atom is -0.478 e. The molecule has 5 heteroatoms. The number of hydrogen-bond acceptors (Lipinski definition) is 3. The van der Waals surface area contributed by atoms with Crippen LogP contribution in [-0.4, -0.2) is 30.7 Å². The van der Waals surface area contributed by atoms with E-state index >= 15 is 0 Å². The molecule has 0 aliphatic rings. The van der Waals surface area contributed by atoms with Gasteiger partial charge in [-0.15, -0.1) is 0 Å². The van der Waals surface area contributed by atoms with E-state index in [9.17, 15) is 9.59 Å². The van der Waals surface area contributed by atoms with Gasteiger partial charge in [0.1, 0.15) is 0 Å². The molecule has 1 aromatic carbocycles. The van der Waals surface area contributed by atoms with Crippen LogP contribution in [0.3, 0.4) is 0 Å². The van der Waals surface area contributed by atoms with E-state index in [0.717, 1.165) is 17.2 Å². The Balaban J connectivity index is 2.78. The van der Waals surface area contributed by atoms with Crippen molar-refractivity contribution in [2.75, 3.05) is 19.0 Å². The summed E-state index contributed by atoms with van der Waals surface area (Å²) in [5.74, 6) is -1.15. The molecule has 1 aromatic rings. The first kappa shape index (κ1) is 14.9. The van der Waals surface area contributed by atoms with Crippen LogP contribution >= 0.6 is 0 Å². The Morgan fingerprint density at radius 2 is 2.16 bits per heavy atom. The fourth-order valence-electron chi connectivity index (χ4n) is 1.48. The number of amides is 1. The van der Waals surface area contributed by atoms with Crippen molar-refractivity contribution in [2.45, 2.75) is 13.3 Å². The van der Waals surface area contributed by atoms with Crippen LogP contribution in [0, 0.1) is 6.92 Å². The summed E-state index contributed by atoms with van der Waals surface area (Å²) in [7, 11) is 1.54. The van der Waals surface area contributed by atoms with Crippen LogP contribution in [0.15, 0.2) is 24.3 Å². The van der Waals surface area contributed by atoms with Crippen LogP contribution in [0.5, 0.6) is 0 Å². The Hall–Kier alpha value is -2.14. The maximum atomic E-state index is 11.5. The molecule has 0 aliphatic carbocycles. The Morgan fingerprint density at radius 3 is 2.79 bits per heavy atom. The van der Waals surface area contributed by atoms with Crippen LogP contribution in [0.4, 0.5) is 5.69 Å². The van der Waals surface area contributed by atoms with Gasteiger partial charge in [0, 0.05) is 18.9 Å². The lowest BCUT2D eigenvalue weighted by Gasteiger charge is -2.07. The number of nitrogens with one attached hydrogen (secondary N) is 1. The molecule has 0 heterocycles. The number of rotatable bonds is 6. The first-order valence-electron chi connectivity index (χ1n) is 5.83. The fraction of sp³-hybridized carbons (Fsp3) is 0.286. The number of benzene rings is 1. The Kier molecular flexibility index (Phi) is 5.75. The van der Waals surface area contributed by atoms with Crippen molar-refractivity contribution < 1.29 is 19.4 Å². The van der Waals surface area contributed by atoms with Crippen molar-refractivity contribution in [2.24, 2.45) is 0 Å². The van der Waals surface area contributed by atoms with E-state index in [1.54, 1.807) is 12.1 Å². The third-order valence-electron chi connectivity index (χ3n) is 2.50. The fourth-order valence-corrected chi connectivity index (χ4v) is 1.48. The van der Waals surface area contributed by atoms with E-state index in [1.807, 2.05) is 13.0 Å². The highest BCUT2D eigenvalue weighted by molar-refractivity contribution is 5.91. The average Bonchev–Trinajstić information content (AvgIpc) is 2.37. The lowest BCUT2D eigenvalue weighted by molar-refractivity contribution is -0.131. The van der Waals surface area contributed by atoms with E-state index in [-0.39, 0.29) is 12.3 Å². The second-order valence-corrected chi connectivity index (χ2v) is 4.03. The molecule has 0 saturated heterocycles. The number of ether oxygens (including phenoxy) is 1. The maximum Gasteiger partial charge on any atom is 0.328 e. The molecule has 0 aliphatic heterocycles. The Labute approximate surface area is 111 Å². The van der Waals surface area contributed by atoms with Crippen molar-refractivity contribution in [3.05, 3.63) is 35.4 Å². The van der Waals surface area contributed by atoms with Gasteiger partial charge < -0.3 is 15.2 Å². The molecular weight excluding hydrogens is 246 g/mol. The molecule has 0 atom stereocenters. The molecule has 19 heavy (non-hydrogen) atoms. The number of anilines is 1. The summed E-state index contributed by atoms with van der Waals surface area (Å²) in [4.78, 5) is 22.0. The predicted octanol–water partition coefficient (Wildman–Crippen LogP) is 2.07. The highest BCUT2D eigenvalue weighted by Crippen LogP contribution is 2.17. The maximum absolute atomic E-state index is 11.5. The van der Waals surface area contributed by atoms with Gasteiger partial charge in [0.15, 0.2) is 0 Å². The molecule has 0 unspecified atom stereocenters. The molecule has 0 aromatic heterocycles. The summed E-state index contributed by atoms with van der Waals surface area (Å²) in [5, 5.41) is 11.3. The first-order valence-corrected chi connectivity index (χ1v) is 5.83.